The zero-order valence-corrected chi connectivity index (χ0v) is 15.0. The summed E-state index contributed by atoms with van der Waals surface area (Å²) in [6, 6.07) is 21.7. The van der Waals surface area contributed by atoms with Crippen molar-refractivity contribution in [2.24, 2.45) is 0 Å². The average Bonchev–Trinajstić information content (AvgIpc) is 2.79. The lowest BCUT2D eigenvalue weighted by Crippen LogP contribution is -2.27. The van der Waals surface area contributed by atoms with Crippen molar-refractivity contribution >= 4 is 33.0 Å². The van der Waals surface area contributed by atoms with Crippen LogP contribution in [0.5, 0.6) is 0 Å². The van der Waals surface area contributed by atoms with E-state index in [1.807, 2.05) is 48.5 Å². The van der Waals surface area contributed by atoms with Crippen LogP contribution in [0.1, 0.15) is 11.1 Å². The SMILES string of the molecule is O=S(=O)(c1ccc(Cl)cc1)N1c2ccccc2CCc2ccccc21. The molecule has 5 heteroatoms. The van der Waals surface area contributed by atoms with Gasteiger partial charge in [-0.3, -0.25) is 0 Å². The zero-order chi connectivity index (χ0) is 17.4. The van der Waals surface area contributed by atoms with Crippen molar-refractivity contribution in [3.63, 3.8) is 0 Å². The summed E-state index contributed by atoms with van der Waals surface area (Å²) >= 11 is 5.93. The molecule has 1 aliphatic heterocycles. The van der Waals surface area contributed by atoms with Crippen molar-refractivity contribution in [2.75, 3.05) is 4.31 Å². The fourth-order valence-electron chi connectivity index (χ4n) is 3.21. The van der Waals surface area contributed by atoms with E-state index in [0.717, 1.165) is 24.0 Å². The minimum Gasteiger partial charge on any atom is -0.234 e. The summed E-state index contributed by atoms with van der Waals surface area (Å²) in [5.74, 6) is 0. The second-order valence-electron chi connectivity index (χ2n) is 5.98. The Hall–Kier alpha value is -2.30. The number of fused-ring (bicyclic) bond motifs is 2. The number of hydrogen-bond donors (Lipinski definition) is 0. The van der Waals surface area contributed by atoms with E-state index < -0.39 is 10.0 Å². The minimum absolute atomic E-state index is 0.225. The minimum atomic E-state index is -3.75. The van der Waals surface area contributed by atoms with Gasteiger partial charge < -0.3 is 0 Å². The Labute approximate surface area is 152 Å². The monoisotopic (exact) mass is 369 g/mol. The highest BCUT2D eigenvalue weighted by Gasteiger charge is 2.31. The number of nitrogens with zero attached hydrogens (tertiary/aromatic N) is 1. The van der Waals surface area contributed by atoms with Crippen molar-refractivity contribution in [3.05, 3.63) is 88.9 Å². The summed E-state index contributed by atoms with van der Waals surface area (Å²) in [5.41, 5.74) is 3.47. The number of halogens is 1. The van der Waals surface area contributed by atoms with Crippen LogP contribution in [0, 0.1) is 0 Å². The normalized spacial score (nSPS) is 13.7. The van der Waals surface area contributed by atoms with Crippen LogP contribution in [0.25, 0.3) is 0 Å². The van der Waals surface area contributed by atoms with Gasteiger partial charge in [0.05, 0.1) is 16.3 Å². The summed E-state index contributed by atoms with van der Waals surface area (Å²) in [6.07, 6.45) is 1.61. The van der Waals surface area contributed by atoms with Crippen molar-refractivity contribution < 1.29 is 8.42 Å². The molecule has 1 heterocycles. The third kappa shape index (κ3) is 2.81. The molecule has 126 valence electrons. The molecule has 3 aromatic carbocycles. The maximum atomic E-state index is 13.5. The molecule has 3 aromatic rings. The molecule has 0 aromatic heterocycles. The summed E-state index contributed by atoms with van der Waals surface area (Å²) < 4.78 is 28.4. The highest BCUT2D eigenvalue weighted by atomic mass is 35.5. The van der Waals surface area contributed by atoms with E-state index in [2.05, 4.69) is 0 Å². The molecule has 0 radical (unpaired) electrons. The fourth-order valence-corrected chi connectivity index (χ4v) is 4.90. The van der Waals surface area contributed by atoms with Gasteiger partial charge in [0, 0.05) is 5.02 Å². The first-order valence-electron chi connectivity index (χ1n) is 8.04. The Kier molecular flexibility index (Phi) is 4.02. The molecule has 25 heavy (non-hydrogen) atoms. The summed E-state index contributed by atoms with van der Waals surface area (Å²) in [7, 11) is -3.75. The van der Waals surface area contributed by atoms with Crippen LogP contribution in [0.2, 0.25) is 5.02 Å². The van der Waals surface area contributed by atoms with E-state index >= 15 is 0 Å². The number of hydrogen-bond acceptors (Lipinski definition) is 2. The van der Waals surface area contributed by atoms with Crippen molar-refractivity contribution in [1.29, 1.82) is 0 Å². The topological polar surface area (TPSA) is 37.4 Å². The van der Waals surface area contributed by atoms with Crippen LogP contribution in [-0.2, 0) is 22.9 Å². The summed E-state index contributed by atoms with van der Waals surface area (Å²) in [5, 5.41) is 0.510. The van der Waals surface area contributed by atoms with Gasteiger partial charge >= 0.3 is 0 Å². The lowest BCUT2D eigenvalue weighted by atomic mass is 10.0. The number of aryl methyl sites for hydroxylation is 2. The maximum Gasteiger partial charge on any atom is 0.268 e. The first-order chi connectivity index (χ1) is 12.1. The molecule has 3 nitrogen and oxygen atoms in total. The lowest BCUT2D eigenvalue weighted by molar-refractivity contribution is 0.596. The van der Waals surface area contributed by atoms with Crippen LogP contribution in [0.3, 0.4) is 0 Å². The van der Waals surface area contributed by atoms with E-state index in [9.17, 15) is 8.42 Å². The smallest absolute Gasteiger partial charge is 0.234 e. The highest BCUT2D eigenvalue weighted by Crippen LogP contribution is 2.40. The number of rotatable bonds is 2. The second kappa shape index (κ2) is 6.21. The van der Waals surface area contributed by atoms with Gasteiger partial charge in [-0.1, -0.05) is 48.0 Å². The van der Waals surface area contributed by atoms with E-state index in [4.69, 9.17) is 11.6 Å². The Morgan fingerprint density at radius 3 is 1.72 bits per heavy atom. The Morgan fingerprint density at radius 2 is 1.20 bits per heavy atom. The van der Waals surface area contributed by atoms with Crippen molar-refractivity contribution in [3.8, 4) is 0 Å². The maximum absolute atomic E-state index is 13.5. The molecule has 0 saturated heterocycles. The van der Waals surface area contributed by atoms with Crippen LogP contribution < -0.4 is 4.31 Å². The van der Waals surface area contributed by atoms with E-state index in [-0.39, 0.29) is 4.90 Å². The molecule has 0 unspecified atom stereocenters. The largest absolute Gasteiger partial charge is 0.268 e. The molecular weight excluding hydrogens is 354 g/mol. The molecule has 1 aliphatic rings. The molecule has 0 aliphatic carbocycles. The van der Waals surface area contributed by atoms with E-state index in [1.165, 1.54) is 4.31 Å². The predicted octanol–water partition coefficient (Wildman–Crippen LogP) is 4.97. The quantitative estimate of drug-likeness (QED) is 0.639. The molecule has 0 bridgehead atoms. The Morgan fingerprint density at radius 1 is 0.720 bits per heavy atom. The van der Waals surface area contributed by atoms with Crippen molar-refractivity contribution in [2.45, 2.75) is 17.7 Å². The molecular formula is C20H16ClNO2S. The number of benzene rings is 3. The van der Waals surface area contributed by atoms with Crippen LogP contribution in [0.4, 0.5) is 11.4 Å². The van der Waals surface area contributed by atoms with Gasteiger partial charge in [0.15, 0.2) is 0 Å². The number of para-hydroxylation sites is 2. The molecule has 0 fully saturated rings. The lowest BCUT2D eigenvalue weighted by Gasteiger charge is -2.26. The van der Waals surface area contributed by atoms with Gasteiger partial charge in [-0.05, 0) is 60.4 Å². The van der Waals surface area contributed by atoms with Gasteiger partial charge in [0.1, 0.15) is 0 Å². The van der Waals surface area contributed by atoms with Crippen LogP contribution in [0.15, 0.2) is 77.7 Å². The third-order valence-electron chi connectivity index (χ3n) is 4.44. The average molecular weight is 370 g/mol. The third-order valence-corrected chi connectivity index (χ3v) is 6.43. The molecule has 4 rings (SSSR count). The summed E-state index contributed by atoms with van der Waals surface area (Å²) in [4.78, 5) is 0.225. The van der Waals surface area contributed by atoms with E-state index in [1.54, 1.807) is 24.3 Å². The molecule has 0 saturated carbocycles. The fraction of sp³-hybridized carbons (Fsp3) is 0.100. The number of sulfonamides is 1. The van der Waals surface area contributed by atoms with Gasteiger partial charge in [-0.2, -0.15) is 0 Å². The highest BCUT2D eigenvalue weighted by molar-refractivity contribution is 7.93. The van der Waals surface area contributed by atoms with Crippen LogP contribution >= 0.6 is 11.6 Å². The number of anilines is 2. The molecule has 0 amide bonds. The second-order valence-corrected chi connectivity index (χ2v) is 8.20. The molecule has 0 atom stereocenters. The summed E-state index contributed by atoms with van der Waals surface area (Å²) in [6.45, 7) is 0. The van der Waals surface area contributed by atoms with E-state index in [0.29, 0.717) is 16.4 Å². The zero-order valence-electron chi connectivity index (χ0n) is 13.4. The first kappa shape index (κ1) is 16.2. The predicted molar refractivity (Wildman–Crippen MR) is 101 cm³/mol. The van der Waals surface area contributed by atoms with Gasteiger partial charge in [-0.15, -0.1) is 0 Å². The van der Waals surface area contributed by atoms with Gasteiger partial charge in [-0.25, -0.2) is 12.7 Å². The first-order valence-corrected chi connectivity index (χ1v) is 9.86. The van der Waals surface area contributed by atoms with Crippen molar-refractivity contribution in [1.82, 2.24) is 0 Å². The van der Waals surface area contributed by atoms with Gasteiger partial charge in [0.25, 0.3) is 10.0 Å². The van der Waals surface area contributed by atoms with Gasteiger partial charge in [0.2, 0.25) is 0 Å². The van der Waals surface area contributed by atoms with Crippen LogP contribution in [-0.4, -0.2) is 8.42 Å². The Balaban J connectivity index is 1.98. The Bertz CT molecular complexity index is 982. The standard InChI is InChI=1S/C20H16ClNO2S/c21-17-11-13-18(14-12-17)25(23,24)22-19-7-3-1-5-15(19)9-10-16-6-2-4-8-20(16)22/h1-8,11-14H,9-10H2. The molecule has 0 spiro atoms. The molecule has 0 N–H and O–H groups in total.